The molecule has 12 heteroatoms. The summed E-state index contributed by atoms with van der Waals surface area (Å²) >= 11 is 0. The summed E-state index contributed by atoms with van der Waals surface area (Å²) in [5, 5.41) is 2.44. The molecular formula is C25H23F3N2O6S. The predicted octanol–water partition coefficient (Wildman–Crippen LogP) is 4.64. The van der Waals surface area contributed by atoms with E-state index in [9.17, 15) is 31.2 Å². The minimum absolute atomic E-state index is 0.00665. The van der Waals surface area contributed by atoms with Gasteiger partial charge in [0.2, 0.25) is 5.91 Å². The van der Waals surface area contributed by atoms with Gasteiger partial charge in [-0.25, -0.2) is 13.2 Å². The highest BCUT2D eigenvalue weighted by atomic mass is 32.2. The average molecular weight is 537 g/mol. The monoisotopic (exact) mass is 536 g/mol. The molecule has 0 aliphatic heterocycles. The number of benzene rings is 3. The van der Waals surface area contributed by atoms with E-state index < -0.39 is 45.9 Å². The van der Waals surface area contributed by atoms with Crippen molar-refractivity contribution in [2.24, 2.45) is 0 Å². The number of rotatable bonds is 8. The summed E-state index contributed by atoms with van der Waals surface area (Å²) in [6.45, 7) is 0.722. The van der Waals surface area contributed by atoms with E-state index in [0.29, 0.717) is 15.9 Å². The Labute approximate surface area is 211 Å². The number of carbonyl (C=O) groups is 2. The van der Waals surface area contributed by atoms with Crippen LogP contribution in [0.1, 0.15) is 21.5 Å². The van der Waals surface area contributed by atoms with E-state index in [1.165, 1.54) is 43.5 Å². The molecule has 0 bridgehead atoms. The van der Waals surface area contributed by atoms with Gasteiger partial charge in [0.15, 0.2) is 0 Å². The number of ether oxygens (including phenoxy) is 2. The number of hydrogen-bond acceptors (Lipinski definition) is 6. The van der Waals surface area contributed by atoms with E-state index in [0.717, 1.165) is 25.3 Å². The van der Waals surface area contributed by atoms with Gasteiger partial charge in [0, 0.05) is 0 Å². The van der Waals surface area contributed by atoms with Crippen molar-refractivity contribution in [2.45, 2.75) is 18.0 Å². The zero-order valence-electron chi connectivity index (χ0n) is 20.0. The lowest BCUT2D eigenvalue weighted by molar-refractivity contribution is -0.137. The number of nitrogens with zero attached hydrogens (tertiary/aromatic N) is 1. The molecule has 0 saturated heterocycles. The van der Waals surface area contributed by atoms with Crippen molar-refractivity contribution in [3.05, 3.63) is 83.4 Å². The highest BCUT2D eigenvalue weighted by Gasteiger charge is 2.34. The van der Waals surface area contributed by atoms with Gasteiger partial charge in [-0.3, -0.25) is 9.10 Å². The molecule has 0 aromatic heterocycles. The summed E-state index contributed by atoms with van der Waals surface area (Å²) < 4.78 is 78.1. The minimum atomic E-state index is -4.76. The Morgan fingerprint density at radius 2 is 1.68 bits per heavy atom. The molecule has 0 atom stereocenters. The van der Waals surface area contributed by atoms with E-state index in [1.54, 1.807) is 13.0 Å². The number of carbonyl (C=O) groups excluding carboxylic acids is 2. The third-order valence-corrected chi connectivity index (χ3v) is 7.04. The molecule has 0 fully saturated rings. The van der Waals surface area contributed by atoms with E-state index in [2.05, 4.69) is 10.1 Å². The summed E-state index contributed by atoms with van der Waals surface area (Å²) in [6.07, 6.45) is -4.76. The molecule has 0 saturated carbocycles. The number of methoxy groups -OCH3 is 2. The van der Waals surface area contributed by atoms with Crippen LogP contribution in [-0.2, 0) is 25.7 Å². The Hall–Kier alpha value is -4.06. The van der Waals surface area contributed by atoms with Gasteiger partial charge in [-0.15, -0.1) is 0 Å². The molecule has 3 rings (SSSR count). The van der Waals surface area contributed by atoms with Crippen LogP contribution in [0, 0.1) is 6.92 Å². The van der Waals surface area contributed by atoms with Crippen LogP contribution < -0.4 is 14.4 Å². The standard InChI is InChI=1S/C25H23F3N2O6S/c1-16-11-12-21(35-2)22(13-16)37(33,34)30(18-8-6-7-17(14-18)25(26,27)28)15-23(31)29-20-10-5-4-9-19(20)24(32)36-3/h4-14H,15H2,1-3H3,(H,29,31). The molecule has 1 amide bonds. The van der Waals surface area contributed by atoms with Crippen LogP contribution >= 0.6 is 0 Å². The van der Waals surface area contributed by atoms with Gasteiger partial charge in [-0.1, -0.05) is 24.3 Å². The summed E-state index contributed by atoms with van der Waals surface area (Å²) in [5.74, 6) is -1.72. The quantitative estimate of drug-likeness (QED) is 0.421. The number of halogens is 3. The minimum Gasteiger partial charge on any atom is -0.495 e. The molecule has 3 aromatic carbocycles. The number of anilines is 2. The maximum absolute atomic E-state index is 13.7. The number of amides is 1. The third kappa shape index (κ3) is 6.20. The fraction of sp³-hybridized carbons (Fsp3) is 0.200. The van der Waals surface area contributed by atoms with Crippen molar-refractivity contribution >= 4 is 33.3 Å². The molecule has 0 aliphatic rings. The summed E-state index contributed by atoms with van der Waals surface area (Å²) in [6, 6.07) is 13.7. The van der Waals surface area contributed by atoms with Crippen LogP contribution in [0.2, 0.25) is 0 Å². The van der Waals surface area contributed by atoms with Gasteiger partial charge in [0.25, 0.3) is 10.0 Å². The average Bonchev–Trinajstić information content (AvgIpc) is 2.86. The van der Waals surface area contributed by atoms with Crippen molar-refractivity contribution < 1.29 is 40.7 Å². The Morgan fingerprint density at radius 1 is 0.973 bits per heavy atom. The molecule has 0 aliphatic carbocycles. The third-order valence-electron chi connectivity index (χ3n) is 5.24. The van der Waals surface area contributed by atoms with Crippen molar-refractivity contribution in [3.63, 3.8) is 0 Å². The molecular weight excluding hydrogens is 513 g/mol. The maximum Gasteiger partial charge on any atom is 0.416 e. The van der Waals surface area contributed by atoms with E-state index in [-0.39, 0.29) is 21.9 Å². The largest absolute Gasteiger partial charge is 0.495 e. The summed E-state index contributed by atoms with van der Waals surface area (Å²) in [7, 11) is -2.22. The van der Waals surface area contributed by atoms with Gasteiger partial charge in [-0.05, 0) is 55.0 Å². The zero-order chi connectivity index (χ0) is 27.4. The van der Waals surface area contributed by atoms with Crippen molar-refractivity contribution in [3.8, 4) is 5.75 Å². The lowest BCUT2D eigenvalue weighted by Gasteiger charge is -2.26. The van der Waals surface area contributed by atoms with Gasteiger partial charge < -0.3 is 14.8 Å². The number of esters is 1. The zero-order valence-corrected chi connectivity index (χ0v) is 20.8. The van der Waals surface area contributed by atoms with Gasteiger partial charge in [0.05, 0.1) is 36.7 Å². The van der Waals surface area contributed by atoms with Crippen molar-refractivity contribution in [1.29, 1.82) is 0 Å². The number of aryl methyl sites for hydroxylation is 1. The Kier molecular flexibility index (Phi) is 8.12. The lowest BCUT2D eigenvalue weighted by atomic mass is 10.1. The van der Waals surface area contributed by atoms with Crippen LogP contribution in [0.15, 0.2) is 71.6 Å². The van der Waals surface area contributed by atoms with E-state index in [1.807, 2.05) is 0 Å². The van der Waals surface area contributed by atoms with Crippen molar-refractivity contribution in [2.75, 3.05) is 30.4 Å². The second-order valence-electron chi connectivity index (χ2n) is 7.80. The summed E-state index contributed by atoms with van der Waals surface area (Å²) in [4.78, 5) is 24.7. The van der Waals surface area contributed by atoms with E-state index in [4.69, 9.17) is 4.74 Å². The first kappa shape index (κ1) is 27.5. The van der Waals surface area contributed by atoms with Gasteiger partial charge in [-0.2, -0.15) is 13.2 Å². The highest BCUT2D eigenvalue weighted by molar-refractivity contribution is 7.93. The second kappa shape index (κ2) is 10.9. The van der Waals surface area contributed by atoms with Crippen LogP contribution in [0.3, 0.4) is 0 Å². The van der Waals surface area contributed by atoms with Crippen molar-refractivity contribution in [1.82, 2.24) is 0 Å². The molecule has 0 unspecified atom stereocenters. The Morgan fingerprint density at radius 3 is 2.32 bits per heavy atom. The molecule has 3 aromatic rings. The SMILES string of the molecule is COC(=O)c1ccccc1NC(=O)CN(c1cccc(C(F)(F)F)c1)S(=O)(=O)c1cc(C)ccc1OC. The fourth-order valence-electron chi connectivity index (χ4n) is 3.46. The molecule has 1 N–H and O–H groups in total. The first-order valence-corrected chi connectivity index (χ1v) is 12.1. The normalized spacial score (nSPS) is 11.5. The highest BCUT2D eigenvalue weighted by Crippen LogP contribution is 2.35. The lowest BCUT2D eigenvalue weighted by Crippen LogP contribution is -2.38. The molecule has 0 radical (unpaired) electrons. The molecule has 8 nitrogen and oxygen atoms in total. The fourth-order valence-corrected chi connectivity index (χ4v) is 5.11. The Balaban J connectivity index is 2.10. The number of sulfonamides is 1. The number of alkyl halides is 3. The van der Waals surface area contributed by atoms with Crippen LogP contribution in [0.25, 0.3) is 0 Å². The number of hydrogen-bond donors (Lipinski definition) is 1. The van der Waals surface area contributed by atoms with Crippen LogP contribution in [0.4, 0.5) is 24.5 Å². The summed E-state index contributed by atoms with van der Waals surface area (Å²) in [5.41, 5.74) is -0.909. The maximum atomic E-state index is 13.7. The molecule has 37 heavy (non-hydrogen) atoms. The predicted molar refractivity (Wildman–Crippen MR) is 130 cm³/mol. The topological polar surface area (TPSA) is 102 Å². The molecule has 0 spiro atoms. The first-order valence-electron chi connectivity index (χ1n) is 10.7. The van der Waals surface area contributed by atoms with Crippen LogP contribution in [-0.4, -0.2) is 41.1 Å². The molecule has 0 heterocycles. The second-order valence-corrected chi connectivity index (χ2v) is 9.63. The molecule has 196 valence electrons. The van der Waals surface area contributed by atoms with Crippen LogP contribution in [0.5, 0.6) is 5.75 Å². The Bertz CT molecular complexity index is 1420. The van der Waals surface area contributed by atoms with Gasteiger partial charge in [0.1, 0.15) is 17.2 Å². The number of para-hydroxylation sites is 1. The van der Waals surface area contributed by atoms with E-state index >= 15 is 0 Å². The van der Waals surface area contributed by atoms with Gasteiger partial charge >= 0.3 is 12.1 Å². The smallest absolute Gasteiger partial charge is 0.416 e. The first-order chi connectivity index (χ1) is 17.4. The number of nitrogens with one attached hydrogen (secondary N) is 1.